The van der Waals surface area contributed by atoms with Gasteiger partial charge in [-0.05, 0) is 37.6 Å². The van der Waals surface area contributed by atoms with Crippen LogP contribution in [0.25, 0.3) is 11.3 Å². The monoisotopic (exact) mass is 418 g/mol. The van der Waals surface area contributed by atoms with E-state index in [-0.39, 0.29) is 17.4 Å². The summed E-state index contributed by atoms with van der Waals surface area (Å²) in [6.07, 6.45) is 3.22. The van der Waals surface area contributed by atoms with Crippen molar-refractivity contribution in [3.63, 3.8) is 0 Å². The van der Waals surface area contributed by atoms with E-state index in [2.05, 4.69) is 15.4 Å². The average molecular weight is 418 g/mol. The van der Waals surface area contributed by atoms with Crippen molar-refractivity contribution in [1.29, 1.82) is 0 Å². The molecule has 8 nitrogen and oxygen atoms in total. The van der Waals surface area contributed by atoms with Gasteiger partial charge in [-0.3, -0.25) is 14.3 Å². The van der Waals surface area contributed by atoms with Crippen LogP contribution in [-0.2, 0) is 6.54 Å². The lowest BCUT2D eigenvalue weighted by atomic mass is 10.0. The Labute approximate surface area is 178 Å². The number of aromatic nitrogens is 3. The highest BCUT2D eigenvalue weighted by Gasteiger charge is 2.22. The smallest absolute Gasteiger partial charge is 0.278 e. The van der Waals surface area contributed by atoms with E-state index in [9.17, 15) is 9.59 Å². The van der Waals surface area contributed by atoms with Crippen molar-refractivity contribution in [2.45, 2.75) is 34.2 Å². The van der Waals surface area contributed by atoms with Crippen molar-refractivity contribution < 1.29 is 18.4 Å². The lowest BCUT2D eigenvalue weighted by Crippen LogP contribution is -2.13. The lowest BCUT2D eigenvalue weighted by molar-refractivity contribution is 0.0983. The van der Waals surface area contributed by atoms with Crippen LogP contribution in [0.3, 0.4) is 0 Å². The number of benzene rings is 1. The SMILES string of the molecule is CC(=O)c1ccc(Cn2cc(NC(=O)c3nc(C)oc3-c3cc(C)ccc3C)cn2)o1. The van der Waals surface area contributed by atoms with E-state index in [1.807, 2.05) is 32.0 Å². The Morgan fingerprint density at radius 1 is 1.10 bits per heavy atom. The third-order valence-electron chi connectivity index (χ3n) is 4.80. The van der Waals surface area contributed by atoms with E-state index in [1.54, 1.807) is 29.9 Å². The number of rotatable bonds is 6. The Kier molecular flexibility index (Phi) is 5.29. The molecule has 8 heteroatoms. The summed E-state index contributed by atoms with van der Waals surface area (Å²) < 4.78 is 12.9. The van der Waals surface area contributed by atoms with Crippen molar-refractivity contribution >= 4 is 17.4 Å². The fourth-order valence-electron chi connectivity index (χ4n) is 3.26. The second-order valence-electron chi connectivity index (χ2n) is 7.43. The van der Waals surface area contributed by atoms with Crippen LogP contribution in [0.2, 0.25) is 0 Å². The van der Waals surface area contributed by atoms with Crippen molar-refractivity contribution in [3.05, 3.63) is 77.0 Å². The minimum Gasteiger partial charge on any atom is -0.456 e. The molecule has 0 fully saturated rings. The molecule has 1 aromatic carbocycles. The topological polar surface area (TPSA) is 103 Å². The normalized spacial score (nSPS) is 11.0. The number of Topliss-reactive ketones (excluding diaryl/α,β-unsaturated/α-hetero) is 1. The molecule has 31 heavy (non-hydrogen) atoms. The van der Waals surface area contributed by atoms with Gasteiger partial charge in [-0.25, -0.2) is 4.98 Å². The van der Waals surface area contributed by atoms with E-state index < -0.39 is 0 Å². The van der Waals surface area contributed by atoms with Gasteiger partial charge in [0.2, 0.25) is 0 Å². The maximum absolute atomic E-state index is 12.9. The van der Waals surface area contributed by atoms with Crippen molar-refractivity contribution in [1.82, 2.24) is 14.8 Å². The van der Waals surface area contributed by atoms with Crippen LogP contribution in [0.4, 0.5) is 5.69 Å². The molecule has 158 valence electrons. The van der Waals surface area contributed by atoms with Gasteiger partial charge in [-0.1, -0.05) is 17.7 Å². The Hall–Kier alpha value is -3.94. The number of oxazole rings is 1. The second-order valence-corrected chi connectivity index (χ2v) is 7.43. The minimum atomic E-state index is -0.385. The van der Waals surface area contributed by atoms with Gasteiger partial charge < -0.3 is 14.2 Å². The molecule has 0 atom stereocenters. The number of carbonyl (C=O) groups is 2. The molecule has 3 aromatic heterocycles. The molecule has 0 saturated heterocycles. The van der Waals surface area contributed by atoms with Gasteiger partial charge >= 0.3 is 0 Å². The average Bonchev–Trinajstić information content (AvgIpc) is 3.44. The Balaban J connectivity index is 1.53. The molecule has 0 saturated carbocycles. The number of ketones is 1. The van der Waals surface area contributed by atoms with Crippen LogP contribution >= 0.6 is 0 Å². The number of nitrogens with one attached hydrogen (secondary N) is 1. The zero-order chi connectivity index (χ0) is 22.1. The summed E-state index contributed by atoms with van der Waals surface area (Å²) in [5.74, 6) is 1.23. The number of furan rings is 1. The van der Waals surface area contributed by atoms with Crippen LogP contribution in [0.1, 0.15) is 50.7 Å². The summed E-state index contributed by atoms with van der Waals surface area (Å²) >= 11 is 0. The summed E-state index contributed by atoms with van der Waals surface area (Å²) in [4.78, 5) is 28.6. The van der Waals surface area contributed by atoms with Gasteiger partial charge in [0.05, 0.1) is 18.4 Å². The molecule has 4 aromatic rings. The zero-order valence-electron chi connectivity index (χ0n) is 17.7. The van der Waals surface area contributed by atoms with Gasteiger partial charge in [0.1, 0.15) is 5.76 Å². The zero-order valence-corrected chi connectivity index (χ0v) is 17.7. The van der Waals surface area contributed by atoms with E-state index in [1.165, 1.54) is 13.1 Å². The molecular formula is C23H22N4O4. The highest BCUT2D eigenvalue weighted by Crippen LogP contribution is 2.29. The first-order chi connectivity index (χ1) is 14.8. The molecule has 0 aliphatic heterocycles. The summed E-state index contributed by atoms with van der Waals surface area (Å²) in [6, 6.07) is 9.33. The fraction of sp³-hybridized carbons (Fsp3) is 0.217. The van der Waals surface area contributed by atoms with Crippen LogP contribution in [0.5, 0.6) is 0 Å². The third-order valence-corrected chi connectivity index (χ3v) is 4.80. The van der Waals surface area contributed by atoms with Crippen LogP contribution < -0.4 is 5.32 Å². The van der Waals surface area contributed by atoms with Crippen molar-refractivity contribution in [2.75, 3.05) is 5.32 Å². The van der Waals surface area contributed by atoms with E-state index in [0.29, 0.717) is 35.4 Å². The van der Waals surface area contributed by atoms with Gasteiger partial charge in [0, 0.05) is 25.6 Å². The predicted molar refractivity (Wildman–Crippen MR) is 114 cm³/mol. The van der Waals surface area contributed by atoms with Crippen molar-refractivity contribution in [2.24, 2.45) is 0 Å². The highest BCUT2D eigenvalue weighted by atomic mass is 16.4. The summed E-state index contributed by atoms with van der Waals surface area (Å²) in [5.41, 5.74) is 3.62. The van der Waals surface area contributed by atoms with E-state index >= 15 is 0 Å². The molecular weight excluding hydrogens is 396 g/mol. The fourth-order valence-corrected chi connectivity index (χ4v) is 3.26. The largest absolute Gasteiger partial charge is 0.456 e. The Morgan fingerprint density at radius 3 is 2.65 bits per heavy atom. The van der Waals surface area contributed by atoms with Gasteiger partial charge in [-0.15, -0.1) is 0 Å². The first-order valence-corrected chi connectivity index (χ1v) is 9.78. The maximum Gasteiger partial charge on any atom is 0.278 e. The lowest BCUT2D eigenvalue weighted by Gasteiger charge is -2.06. The van der Waals surface area contributed by atoms with Crippen LogP contribution in [-0.4, -0.2) is 26.5 Å². The predicted octanol–water partition coefficient (Wildman–Crippen LogP) is 4.56. The van der Waals surface area contributed by atoms with Gasteiger partial charge in [0.15, 0.2) is 28.9 Å². The van der Waals surface area contributed by atoms with Crippen LogP contribution in [0, 0.1) is 20.8 Å². The molecule has 0 unspecified atom stereocenters. The molecule has 1 N–H and O–H groups in total. The van der Waals surface area contributed by atoms with E-state index in [4.69, 9.17) is 8.83 Å². The molecule has 3 heterocycles. The first kappa shape index (κ1) is 20.3. The van der Waals surface area contributed by atoms with Gasteiger partial charge in [-0.2, -0.15) is 5.10 Å². The molecule has 1 amide bonds. The molecule has 0 aliphatic carbocycles. The van der Waals surface area contributed by atoms with Gasteiger partial charge in [0.25, 0.3) is 5.91 Å². The number of nitrogens with zero attached hydrogens (tertiary/aromatic N) is 3. The maximum atomic E-state index is 12.9. The standard InChI is InChI=1S/C23H22N4O4/c1-13-5-6-14(2)19(9-13)22-21(25-16(4)30-22)23(29)26-17-10-24-27(11-17)12-18-7-8-20(31-18)15(3)28/h5-11H,12H2,1-4H3,(H,26,29). The molecule has 0 radical (unpaired) electrons. The number of aryl methyl sites for hydroxylation is 3. The van der Waals surface area contributed by atoms with Crippen LogP contribution in [0.15, 0.2) is 51.6 Å². The quantitative estimate of drug-likeness (QED) is 0.461. The number of carbonyl (C=O) groups excluding carboxylic acids is 2. The Bertz CT molecular complexity index is 1280. The molecule has 0 bridgehead atoms. The first-order valence-electron chi connectivity index (χ1n) is 9.78. The molecule has 0 spiro atoms. The molecule has 0 aliphatic rings. The summed E-state index contributed by atoms with van der Waals surface area (Å²) in [6.45, 7) is 7.44. The molecule has 4 rings (SSSR count). The highest BCUT2D eigenvalue weighted by molar-refractivity contribution is 6.06. The number of hydrogen-bond acceptors (Lipinski definition) is 6. The summed E-state index contributed by atoms with van der Waals surface area (Å²) in [7, 11) is 0. The minimum absolute atomic E-state index is 0.137. The number of amides is 1. The Morgan fingerprint density at radius 2 is 1.90 bits per heavy atom. The second kappa shape index (κ2) is 8.06. The van der Waals surface area contributed by atoms with Crippen molar-refractivity contribution in [3.8, 4) is 11.3 Å². The third kappa shape index (κ3) is 4.32. The van der Waals surface area contributed by atoms with E-state index in [0.717, 1.165) is 16.7 Å². The number of anilines is 1. The number of hydrogen-bond donors (Lipinski definition) is 1. The summed E-state index contributed by atoms with van der Waals surface area (Å²) in [5, 5.41) is 7.05.